The predicted octanol–water partition coefficient (Wildman–Crippen LogP) is 0.352. The van der Waals surface area contributed by atoms with Gasteiger partial charge in [-0.25, -0.2) is 0 Å². The van der Waals surface area contributed by atoms with Crippen molar-refractivity contribution in [3.8, 4) is 11.5 Å². The summed E-state index contributed by atoms with van der Waals surface area (Å²) in [5, 5.41) is 23.5. The largest absolute Gasteiger partial charge is 0.504 e. The first-order chi connectivity index (χ1) is 8.45. The van der Waals surface area contributed by atoms with Crippen molar-refractivity contribution >= 4 is 11.8 Å². The molecule has 6 heteroatoms. The minimum atomic E-state index is -0.673. The van der Waals surface area contributed by atoms with Gasteiger partial charge in [-0.05, 0) is 32.0 Å². The van der Waals surface area contributed by atoms with E-state index in [4.69, 9.17) is 5.11 Å². The molecule has 0 aliphatic carbocycles. The molecule has 98 valence electrons. The maximum absolute atomic E-state index is 11.7. The second kappa shape index (κ2) is 5.90. The van der Waals surface area contributed by atoms with Crippen molar-refractivity contribution in [2.24, 2.45) is 0 Å². The normalized spacial score (nSPS) is 11.7. The van der Waals surface area contributed by atoms with Gasteiger partial charge in [0.2, 0.25) is 5.91 Å². The van der Waals surface area contributed by atoms with Gasteiger partial charge in [0.05, 0.1) is 0 Å². The average molecular weight is 252 g/mol. The summed E-state index contributed by atoms with van der Waals surface area (Å²) in [7, 11) is 0. The van der Waals surface area contributed by atoms with Gasteiger partial charge in [-0.2, -0.15) is 0 Å². The molecule has 0 spiro atoms. The molecule has 6 nitrogen and oxygen atoms in total. The molecule has 0 aromatic heterocycles. The Labute approximate surface area is 105 Å². The van der Waals surface area contributed by atoms with Gasteiger partial charge >= 0.3 is 0 Å². The van der Waals surface area contributed by atoms with Gasteiger partial charge in [-0.1, -0.05) is 0 Å². The van der Waals surface area contributed by atoms with E-state index in [0.29, 0.717) is 6.54 Å². The number of nitrogens with one attached hydrogen (secondary N) is 2. The summed E-state index contributed by atoms with van der Waals surface area (Å²) >= 11 is 0. The number of benzene rings is 1. The summed E-state index contributed by atoms with van der Waals surface area (Å²) in [5.41, 5.74) is 0.168. The average Bonchev–Trinajstić information content (AvgIpc) is 2.32. The monoisotopic (exact) mass is 252 g/mol. The molecule has 0 bridgehead atoms. The molecule has 4 N–H and O–H groups in total. The van der Waals surface area contributed by atoms with E-state index in [2.05, 4.69) is 10.6 Å². The first kappa shape index (κ1) is 13.8. The lowest BCUT2D eigenvalue weighted by molar-refractivity contribution is -0.122. The van der Waals surface area contributed by atoms with Crippen LogP contribution < -0.4 is 10.6 Å². The van der Waals surface area contributed by atoms with Crippen molar-refractivity contribution in [3.63, 3.8) is 0 Å². The number of carbonyl (C=O) groups excluding carboxylic acids is 2. The van der Waals surface area contributed by atoms with Crippen LogP contribution in [-0.2, 0) is 4.79 Å². The molecule has 0 radical (unpaired) electrons. The van der Waals surface area contributed by atoms with Crippen LogP contribution in [0.2, 0.25) is 0 Å². The van der Waals surface area contributed by atoms with Crippen molar-refractivity contribution in [2.75, 3.05) is 6.54 Å². The molecule has 0 aliphatic heterocycles. The molecule has 0 aliphatic rings. The SMILES string of the molecule is CCNC(=O)C(C)NC(=O)c1ccc(O)c(O)c1. The molecular formula is C12H16N2O4. The van der Waals surface area contributed by atoms with Crippen molar-refractivity contribution in [1.29, 1.82) is 0 Å². The number of rotatable bonds is 4. The molecule has 1 atom stereocenters. The van der Waals surface area contributed by atoms with Crippen LogP contribution in [0.5, 0.6) is 11.5 Å². The molecule has 2 amide bonds. The highest BCUT2D eigenvalue weighted by atomic mass is 16.3. The Morgan fingerprint density at radius 1 is 1.28 bits per heavy atom. The molecule has 18 heavy (non-hydrogen) atoms. The second-order valence-electron chi connectivity index (χ2n) is 3.79. The Balaban J connectivity index is 2.70. The Hall–Kier alpha value is -2.24. The van der Waals surface area contributed by atoms with Gasteiger partial charge in [0.1, 0.15) is 6.04 Å². The summed E-state index contributed by atoms with van der Waals surface area (Å²) in [6.45, 7) is 3.83. The molecule has 0 saturated heterocycles. The zero-order chi connectivity index (χ0) is 13.7. The van der Waals surface area contributed by atoms with E-state index >= 15 is 0 Å². The Kier molecular flexibility index (Phi) is 4.53. The molecule has 0 saturated carbocycles. The standard InChI is InChI=1S/C12H16N2O4/c1-3-13-11(17)7(2)14-12(18)8-4-5-9(15)10(16)6-8/h4-7,15-16H,3H2,1-2H3,(H,13,17)(H,14,18). The number of hydrogen-bond acceptors (Lipinski definition) is 4. The fraction of sp³-hybridized carbons (Fsp3) is 0.333. The second-order valence-corrected chi connectivity index (χ2v) is 3.79. The van der Waals surface area contributed by atoms with Crippen LogP contribution in [0.4, 0.5) is 0 Å². The summed E-state index contributed by atoms with van der Waals surface area (Å²) in [6, 6.07) is 3.03. The van der Waals surface area contributed by atoms with Crippen LogP contribution in [-0.4, -0.2) is 34.6 Å². The van der Waals surface area contributed by atoms with Crippen LogP contribution in [0.25, 0.3) is 0 Å². The Bertz CT molecular complexity index is 459. The van der Waals surface area contributed by atoms with Gasteiger partial charge in [-0.15, -0.1) is 0 Å². The van der Waals surface area contributed by atoms with Crippen molar-refractivity contribution < 1.29 is 19.8 Å². The van der Waals surface area contributed by atoms with Crippen LogP contribution in [0.15, 0.2) is 18.2 Å². The van der Waals surface area contributed by atoms with Gasteiger partial charge in [-0.3, -0.25) is 9.59 Å². The molecular weight excluding hydrogens is 236 g/mol. The first-order valence-corrected chi connectivity index (χ1v) is 5.56. The van der Waals surface area contributed by atoms with E-state index in [1.165, 1.54) is 12.1 Å². The number of phenols is 2. The summed E-state index contributed by atoms with van der Waals surface area (Å²) in [4.78, 5) is 23.2. The Morgan fingerprint density at radius 2 is 1.94 bits per heavy atom. The van der Waals surface area contributed by atoms with Crippen LogP contribution in [0.1, 0.15) is 24.2 Å². The quantitative estimate of drug-likeness (QED) is 0.581. The maximum atomic E-state index is 11.7. The number of phenolic OH excluding ortho intramolecular Hbond substituents is 2. The fourth-order valence-electron chi connectivity index (χ4n) is 1.34. The molecule has 1 unspecified atom stereocenters. The number of aromatic hydroxyl groups is 2. The predicted molar refractivity (Wildman–Crippen MR) is 65.4 cm³/mol. The van der Waals surface area contributed by atoms with Crippen molar-refractivity contribution in [2.45, 2.75) is 19.9 Å². The third kappa shape index (κ3) is 3.38. The van der Waals surface area contributed by atoms with Crippen LogP contribution in [0.3, 0.4) is 0 Å². The lowest BCUT2D eigenvalue weighted by Gasteiger charge is -2.13. The third-order valence-corrected chi connectivity index (χ3v) is 2.33. The Morgan fingerprint density at radius 3 is 2.50 bits per heavy atom. The van der Waals surface area contributed by atoms with E-state index < -0.39 is 11.9 Å². The number of amides is 2. The smallest absolute Gasteiger partial charge is 0.252 e. The van der Waals surface area contributed by atoms with Gasteiger partial charge in [0.25, 0.3) is 5.91 Å². The third-order valence-electron chi connectivity index (χ3n) is 2.33. The highest BCUT2D eigenvalue weighted by Gasteiger charge is 2.16. The summed E-state index contributed by atoms with van der Waals surface area (Å²) < 4.78 is 0. The van der Waals surface area contributed by atoms with E-state index in [9.17, 15) is 14.7 Å². The van der Waals surface area contributed by atoms with E-state index in [1.807, 2.05) is 0 Å². The van der Waals surface area contributed by atoms with Crippen molar-refractivity contribution in [3.05, 3.63) is 23.8 Å². The maximum Gasteiger partial charge on any atom is 0.252 e. The van der Waals surface area contributed by atoms with Gasteiger partial charge in [0.15, 0.2) is 11.5 Å². The van der Waals surface area contributed by atoms with Gasteiger partial charge in [0, 0.05) is 12.1 Å². The zero-order valence-electron chi connectivity index (χ0n) is 10.2. The summed E-state index contributed by atoms with van der Waals surface area (Å²) in [5.74, 6) is -1.46. The highest BCUT2D eigenvalue weighted by molar-refractivity contribution is 5.97. The fourth-order valence-corrected chi connectivity index (χ4v) is 1.34. The number of hydrogen-bond donors (Lipinski definition) is 4. The van der Waals surface area contributed by atoms with Crippen LogP contribution >= 0.6 is 0 Å². The number of carbonyl (C=O) groups is 2. The molecule has 1 aromatic rings. The van der Waals surface area contributed by atoms with Gasteiger partial charge < -0.3 is 20.8 Å². The van der Waals surface area contributed by atoms with E-state index in [-0.39, 0.29) is 23.0 Å². The zero-order valence-corrected chi connectivity index (χ0v) is 10.2. The van der Waals surface area contributed by atoms with E-state index in [0.717, 1.165) is 6.07 Å². The minimum absolute atomic E-state index is 0.168. The van der Waals surface area contributed by atoms with Crippen molar-refractivity contribution in [1.82, 2.24) is 10.6 Å². The molecule has 0 heterocycles. The van der Waals surface area contributed by atoms with E-state index in [1.54, 1.807) is 13.8 Å². The highest BCUT2D eigenvalue weighted by Crippen LogP contribution is 2.24. The molecule has 0 fully saturated rings. The first-order valence-electron chi connectivity index (χ1n) is 5.56. The molecule has 1 aromatic carbocycles. The minimum Gasteiger partial charge on any atom is -0.504 e. The summed E-state index contributed by atoms with van der Waals surface area (Å²) in [6.07, 6.45) is 0. The lowest BCUT2D eigenvalue weighted by atomic mass is 10.1. The topological polar surface area (TPSA) is 98.7 Å². The van der Waals surface area contributed by atoms with Crippen LogP contribution in [0, 0.1) is 0 Å². The molecule has 1 rings (SSSR count). The lowest BCUT2D eigenvalue weighted by Crippen LogP contribution is -2.44. The number of likely N-dealkylation sites (N-methyl/N-ethyl adjacent to an activating group) is 1.